The lowest BCUT2D eigenvalue weighted by atomic mass is 9.99. The van der Waals surface area contributed by atoms with Crippen molar-refractivity contribution in [3.63, 3.8) is 0 Å². The number of aliphatic hydroxyl groups excluding tert-OH is 2. The Morgan fingerprint density at radius 2 is 1.04 bits per heavy atom. The molecule has 39 heteroatoms. The monoisotopic (exact) mass is 1550 g/mol. The molecular weight excluding hydrogens is 1450 g/mol. The summed E-state index contributed by atoms with van der Waals surface area (Å²) < 4.78 is 0. The van der Waals surface area contributed by atoms with Crippen molar-refractivity contribution in [1.82, 2.24) is 89.0 Å². The third kappa shape index (κ3) is 29.1. The van der Waals surface area contributed by atoms with Gasteiger partial charge in [0.25, 0.3) is 0 Å². The number of aromatic nitrogens is 3. The Morgan fingerprint density at radius 3 is 1.60 bits per heavy atom. The second-order valence-electron chi connectivity index (χ2n) is 28.5. The number of aliphatic hydroxyl groups is 2. The topological polar surface area (TPSA) is 616 Å². The Balaban J connectivity index is 1.20. The number of imidazole rings is 1. The van der Waals surface area contributed by atoms with Gasteiger partial charge in [0, 0.05) is 54.8 Å². The summed E-state index contributed by atoms with van der Waals surface area (Å²) in [6, 6.07) is -4.58. The molecule has 16 amide bonds. The Hall–Kier alpha value is -11.6. The van der Waals surface area contributed by atoms with E-state index in [1.54, 1.807) is 72.0 Å². The number of primary amides is 2. The van der Waals surface area contributed by atoms with Crippen LogP contribution in [0, 0.1) is 17.8 Å². The van der Waals surface area contributed by atoms with Crippen LogP contribution in [0.1, 0.15) is 118 Å². The minimum atomic E-state index is -1.88. The summed E-state index contributed by atoms with van der Waals surface area (Å²) in [4.78, 5) is 228. The van der Waals surface area contributed by atoms with Crippen molar-refractivity contribution in [2.45, 2.75) is 199 Å². The third-order valence-electron chi connectivity index (χ3n) is 17.8. The molecule has 0 bridgehead atoms. The molecule has 2 aromatic heterocycles. The van der Waals surface area contributed by atoms with Crippen molar-refractivity contribution in [2.75, 3.05) is 32.8 Å². The summed E-state index contributed by atoms with van der Waals surface area (Å²) in [7, 11) is 0. The zero-order valence-corrected chi connectivity index (χ0v) is 63.5. The average molecular weight is 1560 g/mol. The van der Waals surface area contributed by atoms with E-state index in [0.29, 0.717) is 23.2 Å². The molecule has 3 heterocycles. The fourth-order valence-corrected chi connectivity index (χ4v) is 11.9. The first-order valence-corrected chi connectivity index (χ1v) is 36.4. The number of H-pyrrole nitrogens is 2. The van der Waals surface area contributed by atoms with E-state index in [2.05, 4.69) is 84.1 Å². The van der Waals surface area contributed by atoms with E-state index in [4.69, 9.17) is 17.2 Å². The van der Waals surface area contributed by atoms with E-state index in [1.807, 2.05) is 0 Å². The number of fused-ring (bicyclic) bond motifs is 1. The number of nitrogens with zero attached hydrogens (tertiary/aromatic N) is 2. The van der Waals surface area contributed by atoms with E-state index < -0.39 is 206 Å². The summed E-state index contributed by atoms with van der Waals surface area (Å²) >= 11 is 0. The highest BCUT2D eigenvalue weighted by Crippen LogP contribution is 2.22. The number of likely N-dealkylation sites (tertiary alicyclic amines) is 1. The number of phenolic OH excluding ortho intramolecular Hbond substituents is 1. The molecule has 13 atom stereocenters. The fourth-order valence-electron chi connectivity index (χ4n) is 11.9. The minimum absolute atomic E-state index is 0.00113. The number of aromatic hydroxyl groups is 1. The molecule has 0 radical (unpaired) electrons. The predicted molar refractivity (Wildman–Crippen MR) is 399 cm³/mol. The molecule has 111 heavy (non-hydrogen) atoms. The maximum absolute atomic E-state index is 14.4. The second kappa shape index (κ2) is 43.5. The van der Waals surface area contributed by atoms with Gasteiger partial charge in [-0.25, -0.2) is 4.98 Å². The van der Waals surface area contributed by atoms with Crippen molar-refractivity contribution >= 4 is 105 Å². The molecule has 24 N–H and O–H groups in total. The van der Waals surface area contributed by atoms with Gasteiger partial charge in [0.1, 0.15) is 78.3 Å². The highest BCUT2D eigenvalue weighted by atomic mass is 16.3. The number of carbonyl (C=O) groups excluding carboxylic acids is 16. The molecule has 5 rings (SSSR count). The van der Waals surface area contributed by atoms with Crippen LogP contribution in [-0.4, -0.2) is 241 Å². The molecule has 0 unspecified atom stereocenters. The van der Waals surface area contributed by atoms with Gasteiger partial charge in [-0.2, -0.15) is 0 Å². The highest BCUT2D eigenvalue weighted by molar-refractivity contribution is 6.01. The number of phenols is 1. The molecule has 1 aliphatic heterocycles. The van der Waals surface area contributed by atoms with Crippen LogP contribution < -0.4 is 86.3 Å². The quantitative estimate of drug-likeness (QED) is 0.0196. The van der Waals surface area contributed by atoms with Crippen LogP contribution in [0.5, 0.6) is 5.75 Å². The summed E-state index contributed by atoms with van der Waals surface area (Å²) in [5, 5.41) is 64.0. The zero-order valence-electron chi connectivity index (χ0n) is 63.5. The molecule has 1 fully saturated rings. The molecule has 1 saturated heterocycles. The molecule has 0 spiro atoms. The number of amides is 16. The van der Waals surface area contributed by atoms with Gasteiger partial charge >= 0.3 is 0 Å². The zero-order chi connectivity index (χ0) is 82.5. The Bertz CT molecular complexity index is 3920. The van der Waals surface area contributed by atoms with Crippen LogP contribution in [-0.2, 0) is 96.0 Å². The molecule has 39 nitrogen and oxygen atoms in total. The van der Waals surface area contributed by atoms with Gasteiger partial charge in [-0.3, -0.25) is 76.7 Å². The van der Waals surface area contributed by atoms with Crippen LogP contribution in [0.3, 0.4) is 0 Å². The summed E-state index contributed by atoms with van der Waals surface area (Å²) in [6.45, 7) is 11.2. The molecular formula is C72H106N20O19. The summed E-state index contributed by atoms with van der Waals surface area (Å²) in [5.41, 5.74) is 18.6. The number of rotatable bonds is 44. The SMILES string of the molecule is CC(C)C[C@H](NC(=O)[C@H](CC(C)C)NC(=O)[C@H](Cc1ccc(O)cc1)NC(=O)CNC(=O)[C@H](C)NC(=O)[C@@H](CO)NC(=O)[C@H](CC(N)=O)NC(=O)[C@H](CC(C)C)NC(=O)[C@@H](NC(=O)[C@H](Cc1c[nH]c2ccccc12)NC(=O)CN)[C@@H](C)O)C(=O)NCC(=O)N1CCC[C@H]1C(=O)N[C@@H](Cc1cnc[nH]1)C(=O)N[C@@H](C)C(N)=O. The number of nitrogens with one attached hydrogen (secondary N) is 15. The first-order valence-electron chi connectivity index (χ1n) is 36.4. The van der Waals surface area contributed by atoms with E-state index in [-0.39, 0.29) is 75.0 Å². The number of aromatic amines is 2. The van der Waals surface area contributed by atoms with Crippen molar-refractivity contribution < 1.29 is 92.0 Å². The van der Waals surface area contributed by atoms with Crippen LogP contribution in [0.4, 0.5) is 0 Å². The van der Waals surface area contributed by atoms with E-state index >= 15 is 0 Å². The lowest BCUT2D eigenvalue weighted by Crippen LogP contribution is -2.62. The van der Waals surface area contributed by atoms with Crippen molar-refractivity contribution in [2.24, 2.45) is 35.0 Å². The van der Waals surface area contributed by atoms with E-state index in [9.17, 15) is 92.0 Å². The molecule has 2 aromatic carbocycles. The lowest BCUT2D eigenvalue weighted by molar-refractivity contribution is -0.140. The van der Waals surface area contributed by atoms with Crippen molar-refractivity contribution in [3.8, 4) is 5.75 Å². The van der Waals surface area contributed by atoms with Gasteiger partial charge in [0.15, 0.2) is 0 Å². The largest absolute Gasteiger partial charge is 0.508 e. The maximum atomic E-state index is 14.4. The Morgan fingerprint density at radius 1 is 0.532 bits per heavy atom. The molecule has 608 valence electrons. The summed E-state index contributed by atoms with van der Waals surface area (Å²) in [6.07, 6.45) is 2.11. The standard InChI is InChI=1S/C72H106N20O19/c1-35(2)21-47(63(102)79-32-59(99)92-20-12-15-55(92)71(110)88-52(26-43-30-76-34-80-43)64(103)81-38(7)61(75)100)85-65(104)48(22-36(3)4)86-67(106)50(24-41-16-18-44(95)19-17-41)84-58(98)31-78-62(101)39(8)82-70(109)54(33-93)90-68(107)53(27-56(74)96)87-66(105)49(23-37(5)6)89-72(111)60(40(9)94)91-69(108)51(83-57(97)28-73)25-42-29-77-46-14-11-10-13-45(42)46/h10-11,13-14,16-19,29-30,34-40,47-55,60,77,93-95H,12,15,20-28,31-33,73H2,1-9H3,(H2,74,96)(H2,75,100)(H,76,80)(H,78,101)(H,79,102)(H,81,103)(H,82,109)(H,83,97)(H,84,98)(H,85,104)(H,86,106)(H,87,105)(H,88,110)(H,89,111)(H,90,107)(H,91,108)/t38-,39-,40+,47-,48-,49-,50-,51-,52-,53-,54+,55-,60-/m0/s1. The Kier molecular flexibility index (Phi) is 35.3. The highest BCUT2D eigenvalue weighted by Gasteiger charge is 2.40. The molecule has 1 aliphatic rings. The van der Waals surface area contributed by atoms with Crippen molar-refractivity contribution in [1.29, 1.82) is 0 Å². The Labute approximate surface area is 640 Å². The first-order chi connectivity index (χ1) is 52.4. The number of nitrogens with two attached hydrogens (primary N) is 3. The van der Waals surface area contributed by atoms with Gasteiger partial charge in [0.05, 0.1) is 45.1 Å². The smallest absolute Gasteiger partial charge is 0.245 e. The van der Waals surface area contributed by atoms with Gasteiger partial charge < -0.3 is 117 Å². The summed E-state index contributed by atoms with van der Waals surface area (Å²) in [5.74, 6) is -15.6. The average Bonchev–Trinajstić information content (AvgIpc) is 1.71. The lowest BCUT2D eigenvalue weighted by Gasteiger charge is -2.28. The van der Waals surface area contributed by atoms with Crippen LogP contribution in [0.25, 0.3) is 10.9 Å². The normalized spacial score (nSPS) is 15.9. The third-order valence-corrected chi connectivity index (χ3v) is 17.8. The number of hydrogen-bond donors (Lipinski definition) is 21. The van der Waals surface area contributed by atoms with Gasteiger partial charge in [-0.1, -0.05) is 71.9 Å². The van der Waals surface area contributed by atoms with Gasteiger partial charge in [-0.15, -0.1) is 0 Å². The maximum Gasteiger partial charge on any atom is 0.245 e. The number of hydrogen-bond acceptors (Lipinski definition) is 21. The minimum Gasteiger partial charge on any atom is -0.508 e. The van der Waals surface area contributed by atoms with E-state index in [0.717, 1.165) is 10.9 Å². The molecule has 0 saturated carbocycles. The predicted octanol–water partition coefficient (Wildman–Crippen LogP) is -5.95. The number of benzene rings is 2. The van der Waals surface area contributed by atoms with Gasteiger partial charge in [-0.05, 0) is 100.0 Å². The van der Waals surface area contributed by atoms with Crippen molar-refractivity contribution in [3.05, 3.63) is 84.1 Å². The first kappa shape index (κ1) is 90.0. The molecule has 4 aromatic rings. The van der Waals surface area contributed by atoms with Crippen LogP contribution in [0.15, 0.2) is 67.3 Å². The fraction of sp³-hybridized carbons (Fsp3) is 0.542. The second-order valence-corrected chi connectivity index (χ2v) is 28.5. The van der Waals surface area contributed by atoms with Crippen LogP contribution in [0.2, 0.25) is 0 Å². The molecule has 0 aliphatic carbocycles. The van der Waals surface area contributed by atoms with Gasteiger partial charge in [0.2, 0.25) is 94.5 Å². The van der Waals surface area contributed by atoms with Crippen LogP contribution >= 0.6 is 0 Å². The number of carbonyl (C=O) groups is 16. The van der Waals surface area contributed by atoms with E-state index in [1.165, 1.54) is 62.5 Å². The number of para-hydroxylation sites is 1.